The summed E-state index contributed by atoms with van der Waals surface area (Å²) in [6.07, 6.45) is 3.38. The molecular weight excluding hydrogens is 320 g/mol. The van der Waals surface area contributed by atoms with Crippen molar-refractivity contribution in [1.82, 2.24) is 15.8 Å². The number of urea groups is 1. The number of quaternary nitrogens is 1. The number of hydrogen-bond donors (Lipinski definition) is 3. The summed E-state index contributed by atoms with van der Waals surface area (Å²) in [6.45, 7) is 3.91. The molecule has 134 valence electrons. The van der Waals surface area contributed by atoms with Crippen LogP contribution in [0, 0.1) is 0 Å². The van der Waals surface area contributed by atoms with E-state index >= 15 is 0 Å². The molecule has 2 saturated heterocycles. The predicted molar refractivity (Wildman–Crippen MR) is 91.5 cm³/mol. The lowest BCUT2D eigenvalue weighted by atomic mass is 9.93. The van der Waals surface area contributed by atoms with Gasteiger partial charge in [-0.05, 0) is 25.3 Å². The molecule has 0 bridgehead atoms. The number of benzene rings is 1. The van der Waals surface area contributed by atoms with Gasteiger partial charge in [0.2, 0.25) is 0 Å². The van der Waals surface area contributed by atoms with E-state index in [0.717, 1.165) is 36.5 Å². The molecule has 3 rings (SSSR count). The Morgan fingerprint density at radius 1 is 1.24 bits per heavy atom. The van der Waals surface area contributed by atoms with Crippen LogP contribution in [0.5, 0.6) is 0 Å². The van der Waals surface area contributed by atoms with E-state index in [1.807, 2.05) is 30.3 Å². The number of nitrogens with zero attached hydrogens (tertiary/aromatic N) is 1. The van der Waals surface area contributed by atoms with Crippen LogP contribution in [0.25, 0.3) is 0 Å². The molecule has 0 aliphatic carbocycles. The number of carbonyl (C=O) groups is 3. The number of hydrogen-bond acceptors (Lipinski definition) is 3. The minimum absolute atomic E-state index is 0.289. The molecule has 2 aliphatic heterocycles. The molecule has 2 heterocycles. The van der Waals surface area contributed by atoms with E-state index in [2.05, 4.69) is 10.7 Å². The molecule has 1 aromatic carbocycles. The van der Waals surface area contributed by atoms with Crippen LogP contribution in [0.1, 0.15) is 31.7 Å². The van der Waals surface area contributed by atoms with Gasteiger partial charge < -0.3 is 10.2 Å². The van der Waals surface area contributed by atoms with Crippen LogP contribution >= 0.6 is 0 Å². The number of likely N-dealkylation sites (tertiary alicyclic amines) is 1. The molecule has 0 radical (unpaired) electrons. The Balaban J connectivity index is 1.57. The van der Waals surface area contributed by atoms with Gasteiger partial charge in [-0.3, -0.25) is 15.0 Å². The van der Waals surface area contributed by atoms with Gasteiger partial charge in [-0.2, -0.15) is 5.01 Å². The first kappa shape index (κ1) is 17.4. The number of nitrogens with one attached hydrogen (secondary N) is 3. The van der Waals surface area contributed by atoms with Crippen molar-refractivity contribution in [2.24, 2.45) is 0 Å². The van der Waals surface area contributed by atoms with Crippen molar-refractivity contribution in [2.75, 3.05) is 19.6 Å². The molecule has 4 amide bonds. The molecule has 2 fully saturated rings. The molecule has 7 heteroatoms. The summed E-state index contributed by atoms with van der Waals surface area (Å²) < 4.78 is 0. The van der Waals surface area contributed by atoms with Crippen LogP contribution in [0.15, 0.2) is 30.3 Å². The van der Waals surface area contributed by atoms with Gasteiger partial charge in [-0.15, -0.1) is 0 Å². The second kappa shape index (κ2) is 7.23. The standard InChI is InChI=1S/C18H24N4O3/c1-18(10-9-14-7-3-2-4-8-14)16(24)22(17(25)19-18)20-15(23)13-21-11-5-6-12-21/h2-4,7-8H,5-6,9-13H2,1H3,(H,19,25)(H,20,23)/p+1/t18-/m1/s1. The van der Waals surface area contributed by atoms with Crippen LogP contribution in [-0.2, 0) is 16.0 Å². The zero-order valence-electron chi connectivity index (χ0n) is 14.5. The van der Waals surface area contributed by atoms with Crippen molar-refractivity contribution in [3.05, 3.63) is 35.9 Å². The van der Waals surface area contributed by atoms with Crippen molar-refractivity contribution < 1.29 is 19.3 Å². The molecule has 0 saturated carbocycles. The van der Waals surface area contributed by atoms with E-state index < -0.39 is 17.5 Å². The highest BCUT2D eigenvalue weighted by molar-refractivity contribution is 6.07. The van der Waals surface area contributed by atoms with Crippen LogP contribution in [0.4, 0.5) is 4.79 Å². The fraction of sp³-hybridized carbons (Fsp3) is 0.500. The summed E-state index contributed by atoms with van der Waals surface area (Å²) in [4.78, 5) is 38.1. The SMILES string of the molecule is C[C@]1(CCc2ccccc2)NC(=O)N(NC(=O)C[NH+]2CCCC2)C1=O. The third kappa shape index (κ3) is 3.99. The zero-order chi connectivity index (χ0) is 17.9. The molecule has 0 spiro atoms. The Hall–Kier alpha value is -2.41. The van der Waals surface area contributed by atoms with Gasteiger partial charge in [-0.25, -0.2) is 4.79 Å². The average Bonchev–Trinajstić information content (AvgIpc) is 3.17. The first-order chi connectivity index (χ1) is 12.0. The molecule has 1 aromatic rings. The second-order valence-electron chi connectivity index (χ2n) is 7.06. The molecule has 2 aliphatic rings. The monoisotopic (exact) mass is 345 g/mol. The Morgan fingerprint density at radius 3 is 2.60 bits per heavy atom. The minimum atomic E-state index is -0.999. The van der Waals surface area contributed by atoms with E-state index in [0.29, 0.717) is 12.8 Å². The molecule has 0 unspecified atom stereocenters. The maximum Gasteiger partial charge on any atom is 0.344 e. The van der Waals surface area contributed by atoms with Crippen molar-refractivity contribution in [3.63, 3.8) is 0 Å². The number of amides is 4. The van der Waals surface area contributed by atoms with Crippen molar-refractivity contribution in [2.45, 2.75) is 38.1 Å². The Kier molecular flexibility index (Phi) is 5.03. The largest absolute Gasteiger partial charge is 0.344 e. The fourth-order valence-corrected chi connectivity index (χ4v) is 3.44. The average molecular weight is 345 g/mol. The lowest BCUT2D eigenvalue weighted by Gasteiger charge is -2.21. The van der Waals surface area contributed by atoms with Gasteiger partial charge in [0.05, 0.1) is 13.1 Å². The van der Waals surface area contributed by atoms with E-state index in [9.17, 15) is 14.4 Å². The van der Waals surface area contributed by atoms with Crippen molar-refractivity contribution in [1.29, 1.82) is 0 Å². The summed E-state index contributed by atoms with van der Waals surface area (Å²) in [7, 11) is 0. The Morgan fingerprint density at radius 2 is 1.92 bits per heavy atom. The second-order valence-corrected chi connectivity index (χ2v) is 7.06. The number of hydrazine groups is 1. The molecule has 1 atom stereocenters. The summed E-state index contributed by atoms with van der Waals surface area (Å²) in [5.74, 6) is -0.703. The highest BCUT2D eigenvalue weighted by Crippen LogP contribution is 2.22. The minimum Gasteiger partial charge on any atom is -0.327 e. The van der Waals surface area contributed by atoms with Crippen LogP contribution in [-0.4, -0.2) is 48.0 Å². The predicted octanol–water partition coefficient (Wildman–Crippen LogP) is -0.360. The lowest BCUT2D eigenvalue weighted by Crippen LogP contribution is -3.11. The summed E-state index contributed by atoms with van der Waals surface area (Å²) in [5.41, 5.74) is 2.57. The van der Waals surface area contributed by atoms with Crippen LogP contribution < -0.4 is 15.6 Å². The van der Waals surface area contributed by atoms with Gasteiger partial charge in [0, 0.05) is 12.8 Å². The van der Waals surface area contributed by atoms with Crippen LogP contribution in [0.2, 0.25) is 0 Å². The van der Waals surface area contributed by atoms with Crippen molar-refractivity contribution >= 4 is 17.8 Å². The van der Waals surface area contributed by atoms with E-state index in [4.69, 9.17) is 0 Å². The third-order valence-electron chi connectivity index (χ3n) is 4.98. The molecule has 25 heavy (non-hydrogen) atoms. The molecule has 3 N–H and O–H groups in total. The van der Waals surface area contributed by atoms with Gasteiger partial charge in [0.1, 0.15) is 5.54 Å². The summed E-state index contributed by atoms with van der Waals surface area (Å²) in [6, 6.07) is 9.24. The summed E-state index contributed by atoms with van der Waals surface area (Å²) >= 11 is 0. The topological polar surface area (TPSA) is 83.0 Å². The number of aryl methyl sites for hydroxylation is 1. The van der Waals surface area contributed by atoms with Gasteiger partial charge >= 0.3 is 6.03 Å². The quantitative estimate of drug-likeness (QED) is 0.616. The highest BCUT2D eigenvalue weighted by atomic mass is 16.2. The Bertz CT molecular complexity index is 658. The first-order valence-corrected chi connectivity index (χ1v) is 8.82. The maximum atomic E-state index is 12.7. The van der Waals surface area contributed by atoms with E-state index in [1.54, 1.807) is 6.92 Å². The fourth-order valence-electron chi connectivity index (χ4n) is 3.44. The van der Waals surface area contributed by atoms with Crippen LogP contribution in [0.3, 0.4) is 0 Å². The number of rotatable bonds is 6. The highest BCUT2D eigenvalue weighted by Gasteiger charge is 2.48. The van der Waals surface area contributed by atoms with Gasteiger partial charge in [0.15, 0.2) is 6.54 Å². The number of imide groups is 1. The molecule has 0 aromatic heterocycles. The lowest BCUT2D eigenvalue weighted by molar-refractivity contribution is -0.879. The normalized spacial score (nSPS) is 23.8. The first-order valence-electron chi connectivity index (χ1n) is 8.82. The van der Waals surface area contributed by atoms with Gasteiger partial charge in [-0.1, -0.05) is 30.3 Å². The molecular formula is C18H25N4O3+. The van der Waals surface area contributed by atoms with Crippen molar-refractivity contribution in [3.8, 4) is 0 Å². The van der Waals surface area contributed by atoms with E-state index in [-0.39, 0.29) is 12.5 Å². The summed E-state index contributed by atoms with van der Waals surface area (Å²) in [5, 5.41) is 3.55. The maximum absolute atomic E-state index is 12.7. The number of carbonyl (C=O) groups excluding carboxylic acids is 3. The zero-order valence-corrected chi connectivity index (χ0v) is 14.5. The molecule has 7 nitrogen and oxygen atoms in total. The third-order valence-corrected chi connectivity index (χ3v) is 4.98. The van der Waals surface area contributed by atoms with Gasteiger partial charge in [0.25, 0.3) is 11.8 Å². The van der Waals surface area contributed by atoms with E-state index in [1.165, 1.54) is 4.90 Å². The Labute approximate surface area is 147 Å². The smallest absolute Gasteiger partial charge is 0.327 e.